The number of ether oxygens (including phenoxy) is 1. The number of hydrogen-bond acceptors (Lipinski definition) is 4. The molecule has 2 N–H and O–H groups in total. The number of nitrogens with one attached hydrogen (secondary N) is 1. The van der Waals surface area contributed by atoms with Gasteiger partial charge in [-0.15, -0.1) is 0 Å². The molecule has 1 heterocycles. The third-order valence-corrected chi connectivity index (χ3v) is 5.98. The van der Waals surface area contributed by atoms with Gasteiger partial charge in [0.05, 0.1) is 12.6 Å². The first-order valence-corrected chi connectivity index (χ1v) is 11.4. The summed E-state index contributed by atoms with van der Waals surface area (Å²) in [5.74, 6) is -0.0158. The van der Waals surface area contributed by atoms with Gasteiger partial charge in [0, 0.05) is 34.1 Å². The van der Waals surface area contributed by atoms with Gasteiger partial charge in [0.25, 0.3) is 11.5 Å². The molecule has 0 fully saturated rings. The van der Waals surface area contributed by atoms with Gasteiger partial charge in [0.1, 0.15) is 17.1 Å². The second-order valence-corrected chi connectivity index (χ2v) is 8.54. The van der Waals surface area contributed by atoms with Crippen LogP contribution in [0.3, 0.4) is 0 Å². The number of fused-ring (bicyclic) bond motifs is 1. The standard InChI is InChI=1S/C26H22Cl2N2O4/c1-3-30-24-20(8-5-9-21(24)31)22(16-6-4-7-19(12-16)34-2)23(26(30)33)25(32)29-14-15-10-17(27)13-18(28)11-15/h4-13,31H,3,14H2,1-2H3,(H,29,32). The van der Waals surface area contributed by atoms with Gasteiger partial charge in [0.15, 0.2) is 0 Å². The van der Waals surface area contributed by atoms with Crippen LogP contribution in [0.25, 0.3) is 22.0 Å². The summed E-state index contributed by atoms with van der Waals surface area (Å²) in [6, 6.07) is 17.1. The third-order valence-electron chi connectivity index (χ3n) is 5.54. The van der Waals surface area contributed by atoms with Crippen LogP contribution in [-0.4, -0.2) is 22.7 Å². The second kappa shape index (κ2) is 9.79. The highest BCUT2D eigenvalue weighted by Crippen LogP contribution is 2.35. The number of phenolic OH excluding ortho intramolecular Hbond substituents is 1. The number of amides is 1. The van der Waals surface area contributed by atoms with Crippen molar-refractivity contribution < 1.29 is 14.6 Å². The van der Waals surface area contributed by atoms with Crippen LogP contribution < -0.4 is 15.6 Å². The lowest BCUT2D eigenvalue weighted by Crippen LogP contribution is -2.34. The Morgan fingerprint density at radius 1 is 1.06 bits per heavy atom. The van der Waals surface area contributed by atoms with Crippen LogP contribution in [0.1, 0.15) is 22.8 Å². The SMILES string of the molecule is CCn1c(=O)c(C(=O)NCc2cc(Cl)cc(Cl)c2)c(-c2cccc(OC)c2)c2cccc(O)c21. The number of pyridine rings is 1. The zero-order valence-corrected chi connectivity index (χ0v) is 20.1. The van der Waals surface area contributed by atoms with Gasteiger partial charge >= 0.3 is 0 Å². The van der Waals surface area contributed by atoms with Crippen LogP contribution in [0.4, 0.5) is 0 Å². The summed E-state index contributed by atoms with van der Waals surface area (Å²) in [6.45, 7) is 2.18. The Morgan fingerprint density at radius 3 is 2.44 bits per heavy atom. The highest BCUT2D eigenvalue weighted by Gasteiger charge is 2.24. The highest BCUT2D eigenvalue weighted by molar-refractivity contribution is 6.34. The molecule has 0 aliphatic rings. The minimum absolute atomic E-state index is 0.0265. The molecule has 0 saturated carbocycles. The van der Waals surface area contributed by atoms with Crippen LogP contribution in [0.5, 0.6) is 11.5 Å². The topological polar surface area (TPSA) is 80.6 Å². The monoisotopic (exact) mass is 496 g/mol. The molecule has 8 heteroatoms. The van der Waals surface area contributed by atoms with Gasteiger partial charge in [-0.05, 0) is 54.4 Å². The van der Waals surface area contributed by atoms with E-state index in [9.17, 15) is 14.7 Å². The number of benzene rings is 3. The van der Waals surface area contributed by atoms with Crippen molar-refractivity contribution in [3.8, 4) is 22.6 Å². The summed E-state index contributed by atoms with van der Waals surface area (Å²) in [7, 11) is 1.54. The number of aromatic nitrogens is 1. The molecule has 3 aromatic carbocycles. The summed E-state index contributed by atoms with van der Waals surface area (Å²) in [5, 5.41) is 14.9. The van der Waals surface area contributed by atoms with Crippen molar-refractivity contribution in [1.29, 1.82) is 0 Å². The molecule has 6 nitrogen and oxygen atoms in total. The Kier molecular flexibility index (Phi) is 6.82. The van der Waals surface area contributed by atoms with Gasteiger partial charge in [-0.2, -0.15) is 0 Å². The lowest BCUT2D eigenvalue weighted by molar-refractivity contribution is 0.0949. The summed E-state index contributed by atoms with van der Waals surface area (Å²) in [5.41, 5.74) is 1.57. The Morgan fingerprint density at radius 2 is 1.76 bits per heavy atom. The van der Waals surface area contributed by atoms with E-state index >= 15 is 0 Å². The van der Waals surface area contributed by atoms with E-state index < -0.39 is 11.5 Å². The molecule has 4 rings (SSSR count). The van der Waals surface area contributed by atoms with Crippen molar-refractivity contribution in [1.82, 2.24) is 9.88 Å². The van der Waals surface area contributed by atoms with Gasteiger partial charge in [-0.25, -0.2) is 0 Å². The number of phenols is 1. The quantitative estimate of drug-likeness (QED) is 0.362. The molecule has 174 valence electrons. The van der Waals surface area contributed by atoms with Gasteiger partial charge in [0.2, 0.25) is 0 Å². The van der Waals surface area contributed by atoms with E-state index in [-0.39, 0.29) is 24.4 Å². The molecule has 0 unspecified atom stereocenters. The number of aryl methyl sites for hydroxylation is 1. The van der Waals surface area contributed by atoms with E-state index in [4.69, 9.17) is 27.9 Å². The largest absolute Gasteiger partial charge is 0.506 e. The van der Waals surface area contributed by atoms with Crippen LogP contribution in [0.15, 0.2) is 65.5 Å². The number of hydrogen-bond donors (Lipinski definition) is 2. The number of para-hydroxylation sites is 1. The first-order valence-electron chi connectivity index (χ1n) is 10.6. The molecule has 1 aromatic heterocycles. The number of carbonyl (C=O) groups is 1. The summed E-state index contributed by atoms with van der Waals surface area (Å²) < 4.78 is 6.76. The Bertz CT molecular complexity index is 1440. The van der Waals surface area contributed by atoms with Crippen molar-refractivity contribution in [2.24, 2.45) is 0 Å². The summed E-state index contributed by atoms with van der Waals surface area (Å²) in [6.07, 6.45) is 0. The molecule has 0 bridgehead atoms. The fourth-order valence-corrected chi connectivity index (χ4v) is 4.64. The summed E-state index contributed by atoms with van der Waals surface area (Å²) >= 11 is 12.2. The summed E-state index contributed by atoms with van der Waals surface area (Å²) in [4.78, 5) is 27.1. The number of nitrogens with zero attached hydrogens (tertiary/aromatic N) is 1. The molecule has 0 aliphatic heterocycles. The normalized spacial score (nSPS) is 10.9. The maximum absolute atomic E-state index is 13.6. The molecular formula is C26H22Cl2N2O4. The van der Waals surface area contributed by atoms with Crippen molar-refractivity contribution in [2.45, 2.75) is 20.0 Å². The molecule has 0 radical (unpaired) electrons. The number of halogens is 2. The van der Waals surface area contributed by atoms with Crippen molar-refractivity contribution in [3.05, 3.63) is 92.2 Å². The average molecular weight is 497 g/mol. The molecule has 0 spiro atoms. The van der Waals surface area contributed by atoms with Gasteiger partial charge < -0.3 is 19.7 Å². The lowest BCUT2D eigenvalue weighted by Gasteiger charge is -2.18. The number of aromatic hydroxyl groups is 1. The minimum Gasteiger partial charge on any atom is -0.506 e. The van der Waals surface area contributed by atoms with Crippen LogP contribution in [0, 0.1) is 0 Å². The molecule has 1 amide bonds. The van der Waals surface area contributed by atoms with Crippen LogP contribution in [0.2, 0.25) is 10.0 Å². The van der Waals surface area contributed by atoms with Crippen LogP contribution >= 0.6 is 23.2 Å². The molecule has 0 atom stereocenters. The van der Waals surface area contributed by atoms with E-state index in [1.807, 2.05) is 0 Å². The third kappa shape index (κ3) is 4.47. The fraction of sp³-hybridized carbons (Fsp3) is 0.154. The molecule has 0 saturated heterocycles. The lowest BCUT2D eigenvalue weighted by atomic mass is 9.94. The van der Waals surface area contributed by atoms with Gasteiger partial charge in [-0.3, -0.25) is 9.59 Å². The van der Waals surface area contributed by atoms with Crippen molar-refractivity contribution >= 4 is 40.0 Å². The first-order chi connectivity index (χ1) is 16.3. The Hall–Kier alpha value is -3.48. The zero-order chi connectivity index (χ0) is 24.4. The number of rotatable bonds is 6. The van der Waals surface area contributed by atoms with Crippen molar-refractivity contribution in [2.75, 3.05) is 7.11 Å². The molecule has 34 heavy (non-hydrogen) atoms. The minimum atomic E-state index is -0.550. The van der Waals surface area contributed by atoms with E-state index in [1.54, 1.807) is 68.6 Å². The number of carbonyl (C=O) groups excluding carboxylic acids is 1. The van der Waals surface area contributed by atoms with Crippen LogP contribution in [-0.2, 0) is 13.1 Å². The molecular weight excluding hydrogens is 475 g/mol. The average Bonchev–Trinajstić information content (AvgIpc) is 2.81. The first kappa shape index (κ1) is 23.7. The Balaban J connectivity index is 1.93. The van der Waals surface area contributed by atoms with Gasteiger partial charge in [-0.1, -0.05) is 47.5 Å². The highest BCUT2D eigenvalue weighted by atomic mass is 35.5. The zero-order valence-electron chi connectivity index (χ0n) is 18.6. The predicted molar refractivity (Wildman–Crippen MR) is 135 cm³/mol. The van der Waals surface area contributed by atoms with Crippen molar-refractivity contribution in [3.63, 3.8) is 0 Å². The van der Waals surface area contributed by atoms with E-state index in [1.165, 1.54) is 10.6 Å². The van der Waals surface area contributed by atoms with E-state index in [0.29, 0.717) is 43.4 Å². The maximum atomic E-state index is 13.6. The second-order valence-electron chi connectivity index (χ2n) is 7.67. The maximum Gasteiger partial charge on any atom is 0.264 e. The smallest absolute Gasteiger partial charge is 0.264 e. The predicted octanol–water partition coefficient (Wildman–Crippen LogP) is 5.64. The molecule has 4 aromatic rings. The molecule has 0 aliphatic carbocycles. The van der Waals surface area contributed by atoms with E-state index in [0.717, 1.165) is 0 Å². The fourth-order valence-electron chi connectivity index (χ4n) is 4.07. The van der Waals surface area contributed by atoms with E-state index in [2.05, 4.69) is 5.32 Å². The number of methoxy groups -OCH3 is 1. The Labute approximate surface area is 206 Å².